The third-order valence-electron chi connectivity index (χ3n) is 5.14. The molecule has 0 spiro atoms. The van der Waals surface area contributed by atoms with Gasteiger partial charge in [-0.1, -0.05) is 23.8 Å². The molecule has 2 atom stereocenters. The largest absolute Gasteiger partial charge is 0.507 e. The van der Waals surface area contributed by atoms with E-state index < -0.39 is 0 Å². The van der Waals surface area contributed by atoms with Gasteiger partial charge in [0.05, 0.1) is 13.2 Å². The van der Waals surface area contributed by atoms with Crippen molar-refractivity contribution in [2.24, 2.45) is 11.8 Å². The minimum absolute atomic E-state index is 0.00216. The molecule has 2 aliphatic rings. The van der Waals surface area contributed by atoms with Crippen molar-refractivity contribution in [2.75, 3.05) is 13.2 Å². The topological polar surface area (TPSA) is 49.7 Å². The van der Waals surface area contributed by atoms with E-state index >= 15 is 0 Å². The summed E-state index contributed by atoms with van der Waals surface area (Å²) in [6, 6.07) is 3.61. The molecule has 1 fully saturated rings. The predicted octanol–water partition coefficient (Wildman–Crippen LogP) is 4.30. The third-order valence-corrected chi connectivity index (χ3v) is 5.14. The first kappa shape index (κ1) is 16.1. The van der Waals surface area contributed by atoms with Gasteiger partial charge in [-0.15, -0.1) is 0 Å². The summed E-state index contributed by atoms with van der Waals surface area (Å²) < 4.78 is 5.20. The second-order valence-corrected chi connectivity index (χ2v) is 7.19. The fraction of sp³-hybridized carbons (Fsp3) is 0.500. The van der Waals surface area contributed by atoms with Gasteiger partial charge in [0, 0.05) is 17.4 Å². The average molecular weight is 314 g/mol. The molecule has 3 nitrogen and oxygen atoms in total. The molecular weight excluding hydrogens is 288 g/mol. The molecule has 0 unspecified atom stereocenters. The number of rotatable bonds is 4. The van der Waals surface area contributed by atoms with E-state index in [9.17, 15) is 10.2 Å². The maximum atomic E-state index is 10.6. The zero-order valence-corrected chi connectivity index (χ0v) is 14.0. The fourth-order valence-electron chi connectivity index (χ4n) is 3.78. The van der Waals surface area contributed by atoms with Crippen molar-refractivity contribution in [3.05, 3.63) is 47.1 Å². The highest BCUT2D eigenvalue weighted by molar-refractivity contribution is 5.51. The van der Waals surface area contributed by atoms with E-state index in [1.165, 1.54) is 5.57 Å². The summed E-state index contributed by atoms with van der Waals surface area (Å²) in [4.78, 5) is 0. The molecule has 1 aliphatic heterocycles. The Balaban J connectivity index is 1.94. The molecule has 1 saturated heterocycles. The Kier molecular flexibility index (Phi) is 4.49. The normalized spacial score (nSPS) is 24.9. The SMILES string of the molecule is C=C(C)[C@@H]1CCC(C)=C[C@H]1c1c(O)cc(CC2COC2)cc1O. The van der Waals surface area contributed by atoms with Crippen LogP contribution in [0.3, 0.4) is 0 Å². The number of aromatic hydroxyl groups is 2. The van der Waals surface area contributed by atoms with E-state index in [-0.39, 0.29) is 23.3 Å². The lowest BCUT2D eigenvalue weighted by atomic mass is 9.73. The van der Waals surface area contributed by atoms with Crippen molar-refractivity contribution in [3.63, 3.8) is 0 Å². The molecule has 1 aliphatic carbocycles. The van der Waals surface area contributed by atoms with Crippen LogP contribution >= 0.6 is 0 Å². The van der Waals surface area contributed by atoms with Gasteiger partial charge < -0.3 is 14.9 Å². The Morgan fingerprint density at radius 2 is 1.91 bits per heavy atom. The highest BCUT2D eigenvalue weighted by Gasteiger charge is 2.30. The van der Waals surface area contributed by atoms with Crippen molar-refractivity contribution in [3.8, 4) is 11.5 Å². The monoisotopic (exact) mass is 314 g/mol. The lowest BCUT2D eigenvalue weighted by Gasteiger charge is -2.32. The molecule has 3 heteroatoms. The van der Waals surface area contributed by atoms with Crippen LogP contribution in [0.4, 0.5) is 0 Å². The standard InChI is InChI=1S/C20H26O3/c1-12(2)16-5-4-13(3)6-17(16)20-18(21)8-14(9-19(20)22)7-15-10-23-11-15/h6,8-9,15-17,21-22H,1,4-5,7,10-11H2,2-3H3/t16-,17+/m0/s1. The van der Waals surface area contributed by atoms with E-state index in [4.69, 9.17) is 4.74 Å². The van der Waals surface area contributed by atoms with Crippen LogP contribution in [0.2, 0.25) is 0 Å². The van der Waals surface area contributed by atoms with Gasteiger partial charge in [0.15, 0.2) is 0 Å². The van der Waals surface area contributed by atoms with E-state index in [0.717, 1.165) is 43.6 Å². The zero-order valence-electron chi connectivity index (χ0n) is 14.0. The second-order valence-electron chi connectivity index (χ2n) is 7.19. The number of allylic oxidation sites excluding steroid dienone is 3. The second kappa shape index (κ2) is 6.40. The van der Waals surface area contributed by atoms with Gasteiger partial charge in [-0.25, -0.2) is 0 Å². The van der Waals surface area contributed by atoms with E-state index in [1.54, 1.807) is 12.1 Å². The first-order chi connectivity index (χ1) is 11.0. The summed E-state index contributed by atoms with van der Waals surface area (Å²) >= 11 is 0. The number of phenols is 2. The van der Waals surface area contributed by atoms with Crippen LogP contribution in [0.25, 0.3) is 0 Å². The Hall–Kier alpha value is -1.74. The predicted molar refractivity (Wildman–Crippen MR) is 91.8 cm³/mol. The summed E-state index contributed by atoms with van der Waals surface area (Å²) in [5, 5.41) is 21.1. The maximum absolute atomic E-state index is 10.6. The van der Waals surface area contributed by atoms with Crippen LogP contribution in [0.5, 0.6) is 11.5 Å². The molecule has 0 amide bonds. The summed E-state index contributed by atoms with van der Waals surface area (Å²) in [6.45, 7) is 9.79. The fourth-order valence-corrected chi connectivity index (χ4v) is 3.78. The van der Waals surface area contributed by atoms with E-state index in [1.807, 2.05) is 6.92 Å². The Labute approximate surface area is 138 Å². The van der Waals surface area contributed by atoms with Crippen molar-refractivity contribution in [1.29, 1.82) is 0 Å². The average Bonchev–Trinajstić information content (AvgIpc) is 2.42. The summed E-state index contributed by atoms with van der Waals surface area (Å²) in [5.41, 5.74) is 4.03. The number of ether oxygens (including phenoxy) is 1. The first-order valence-electron chi connectivity index (χ1n) is 8.41. The number of hydrogen-bond acceptors (Lipinski definition) is 3. The molecule has 3 rings (SSSR count). The van der Waals surface area contributed by atoms with Gasteiger partial charge in [0.25, 0.3) is 0 Å². The highest BCUT2D eigenvalue weighted by Crippen LogP contribution is 2.46. The van der Waals surface area contributed by atoms with Crippen LogP contribution < -0.4 is 0 Å². The van der Waals surface area contributed by atoms with Crippen LogP contribution in [0.1, 0.15) is 43.7 Å². The maximum Gasteiger partial charge on any atom is 0.123 e. The minimum atomic E-state index is 0.00216. The van der Waals surface area contributed by atoms with Crippen LogP contribution in [0, 0.1) is 11.8 Å². The molecule has 1 aromatic rings. The summed E-state index contributed by atoms with van der Waals surface area (Å²) in [7, 11) is 0. The number of phenolic OH excluding ortho intramolecular Hbond substituents is 2. The van der Waals surface area contributed by atoms with Gasteiger partial charge in [-0.2, -0.15) is 0 Å². The van der Waals surface area contributed by atoms with Crippen LogP contribution in [-0.2, 0) is 11.2 Å². The molecule has 23 heavy (non-hydrogen) atoms. The van der Waals surface area contributed by atoms with Gasteiger partial charge in [-0.3, -0.25) is 0 Å². The third kappa shape index (κ3) is 3.30. The van der Waals surface area contributed by atoms with Gasteiger partial charge >= 0.3 is 0 Å². The molecule has 2 N–H and O–H groups in total. The van der Waals surface area contributed by atoms with Crippen LogP contribution in [0.15, 0.2) is 35.9 Å². The molecular formula is C20H26O3. The van der Waals surface area contributed by atoms with Crippen molar-refractivity contribution in [2.45, 2.75) is 39.0 Å². The molecule has 1 aromatic carbocycles. The Morgan fingerprint density at radius 1 is 1.26 bits per heavy atom. The highest BCUT2D eigenvalue weighted by atomic mass is 16.5. The quantitative estimate of drug-likeness (QED) is 0.815. The van der Waals surface area contributed by atoms with Gasteiger partial charge in [0.1, 0.15) is 11.5 Å². The molecule has 0 bridgehead atoms. The zero-order chi connectivity index (χ0) is 16.6. The summed E-state index contributed by atoms with van der Waals surface area (Å²) in [6.07, 6.45) is 5.08. The molecule has 124 valence electrons. The van der Waals surface area contributed by atoms with Gasteiger partial charge in [-0.05, 0) is 56.7 Å². The first-order valence-corrected chi connectivity index (χ1v) is 8.41. The summed E-state index contributed by atoms with van der Waals surface area (Å²) in [5.74, 6) is 1.16. The van der Waals surface area contributed by atoms with Crippen molar-refractivity contribution < 1.29 is 14.9 Å². The smallest absolute Gasteiger partial charge is 0.123 e. The molecule has 1 heterocycles. The molecule has 0 saturated carbocycles. The van der Waals surface area contributed by atoms with Gasteiger partial charge in [0.2, 0.25) is 0 Å². The van der Waals surface area contributed by atoms with Crippen molar-refractivity contribution >= 4 is 0 Å². The van der Waals surface area contributed by atoms with E-state index in [0.29, 0.717) is 11.5 Å². The molecule has 0 radical (unpaired) electrons. The lowest BCUT2D eigenvalue weighted by molar-refractivity contribution is -0.0312. The minimum Gasteiger partial charge on any atom is -0.507 e. The Bertz CT molecular complexity index is 617. The molecule has 0 aromatic heterocycles. The lowest BCUT2D eigenvalue weighted by Crippen LogP contribution is -2.29. The van der Waals surface area contributed by atoms with E-state index in [2.05, 4.69) is 19.6 Å². The number of benzene rings is 1. The number of hydrogen-bond donors (Lipinski definition) is 2. The van der Waals surface area contributed by atoms with Crippen LogP contribution in [-0.4, -0.2) is 23.4 Å². The Morgan fingerprint density at radius 3 is 2.43 bits per heavy atom. The van der Waals surface area contributed by atoms with Crippen molar-refractivity contribution in [1.82, 2.24) is 0 Å².